The lowest BCUT2D eigenvalue weighted by Crippen LogP contribution is -2.18. The number of Topliss-reactive ketones (excluding diaryl/α,β-unsaturated/α-hetero) is 1. The Labute approximate surface area is 119 Å². The number of hydrogen-bond acceptors (Lipinski definition) is 4. The molecule has 6 heteroatoms. The maximum absolute atomic E-state index is 11.8. The van der Waals surface area contributed by atoms with E-state index in [-0.39, 0.29) is 23.4 Å². The van der Waals surface area contributed by atoms with E-state index in [1.54, 1.807) is 24.3 Å². The number of carbonyl (C=O) groups excluding carboxylic acids is 1. The highest BCUT2D eigenvalue weighted by molar-refractivity contribution is 7.47. The number of rotatable bonds is 7. The fourth-order valence-electron chi connectivity index (χ4n) is 1.88. The van der Waals surface area contributed by atoms with E-state index in [2.05, 4.69) is 4.52 Å². The summed E-state index contributed by atoms with van der Waals surface area (Å²) < 4.78 is 20.4. The predicted molar refractivity (Wildman–Crippen MR) is 76.6 cm³/mol. The summed E-state index contributed by atoms with van der Waals surface area (Å²) in [5.41, 5.74) is 0.976. The van der Waals surface area contributed by atoms with Crippen LogP contribution in [0.25, 0.3) is 0 Å². The van der Waals surface area contributed by atoms with Crippen molar-refractivity contribution in [3.8, 4) is 5.75 Å². The average Bonchev–Trinajstić information content (AvgIpc) is 2.39. The lowest BCUT2D eigenvalue weighted by molar-refractivity contribution is -0.125. The van der Waals surface area contributed by atoms with Crippen molar-refractivity contribution in [2.24, 2.45) is 11.8 Å². The summed E-state index contributed by atoms with van der Waals surface area (Å²) in [6.45, 7) is 5.68. The molecule has 0 spiro atoms. The maximum Gasteiger partial charge on any atom is 0.527 e. The first-order valence-corrected chi connectivity index (χ1v) is 7.95. The zero-order valence-electron chi connectivity index (χ0n) is 12.2. The van der Waals surface area contributed by atoms with Gasteiger partial charge in [0, 0.05) is 18.9 Å². The smallest absolute Gasteiger partial charge is 0.404 e. The second kappa shape index (κ2) is 7.02. The Kier molecular flexibility index (Phi) is 5.93. The third-order valence-corrected chi connectivity index (χ3v) is 3.87. The predicted octanol–water partition coefficient (Wildman–Crippen LogP) is 3.22. The molecule has 0 fully saturated rings. The quantitative estimate of drug-likeness (QED) is 0.783. The molecule has 0 saturated carbocycles. The molecule has 1 rings (SSSR count). The van der Waals surface area contributed by atoms with E-state index in [1.807, 2.05) is 20.8 Å². The summed E-state index contributed by atoms with van der Waals surface area (Å²) in [6, 6.07) is 6.72. The molecule has 2 unspecified atom stereocenters. The van der Waals surface area contributed by atoms with Gasteiger partial charge in [0.15, 0.2) is 0 Å². The molecule has 1 N–H and O–H groups in total. The third-order valence-electron chi connectivity index (χ3n) is 2.97. The second-order valence-corrected chi connectivity index (χ2v) is 6.53. The first-order chi connectivity index (χ1) is 9.25. The van der Waals surface area contributed by atoms with Gasteiger partial charge in [0.25, 0.3) is 0 Å². The lowest BCUT2D eigenvalue weighted by atomic mass is 9.91. The first-order valence-electron chi connectivity index (χ1n) is 6.46. The molecule has 0 bridgehead atoms. The van der Waals surface area contributed by atoms with Gasteiger partial charge >= 0.3 is 7.82 Å². The van der Waals surface area contributed by atoms with Crippen LogP contribution < -0.4 is 4.52 Å². The molecule has 0 aliphatic heterocycles. The Morgan fingerprint density at radius 2 is 1.80 bits per heavy atom. The van der Waals surface area contributed by atoms with Crippen LogP contribution in [0.1, 0.15) is 26.3 Å². The van der Waals surface area contributed by atoms with E-state index in [0.29, 0.717) is 6.42 Å². The van der Waals surface area contributed by atoms with Gasteiger partial charge in [-0.25, -0.2) is 4.57 Å². The van der Waals surface area contributed by atoms with Gasteiger partial charge in [0.1, 0.15) is 11.5 Å². The molecule has 0 heterocycles. The van der Waals surface area contributed by atoms with E-state index >= 15 is 0 Å². The van der Waals surface area contributed by atoms with Gasteiger partial charge in [0.2, 0.25) is 0 Å². The molecule has 5 nitrogen and oxygen atoms in total. The van der Waals surface area contributed by atoms with Gasteiger partial charge in [-0.2, -0.15) is 0 Å². The van der Waals surface area contributed by atoms with Crippen LogP contribution in [-0.4, -0.2) is 17.8 Å². The first kappa shape index (κ1) is 16.9. The highest BCUT2D eigenvalue weighted by atomic mass is 31.2. The van der Waals surface area contributed by atoms with Crippen LogP contribution in [0.4, 0.5) is 0 Å². The minimum atomic E-state index is -4.02. The molecule has 2 atom stereocenters. The maximum atomic E-state index is 11.8. The van der Waals surface area contributed by atoms with Crippen molar-refractivity contribution in [3.63, 3.8) is 0 Å². The molecule has 112 valence electrons. The Morgan fingerprint density at radius 1 is 1.25 bits per heavy atom. The lowest BCUT2D eigenvalue weighted by Gasteiger charge is -2.14. The van der Waals surface area contributed by atoms with Gasteiger partial charge in [-0.15, -0.1) is 0 Å². The van der Waals surface area contributed by atoms with Crippen LogP contribution in [0.3, 0.4) is 0 Å². The highest BCUT2D eigenvalue weighted by Gasteiger charge is 2.20. The van der Waals surface area contributed by atoms with Gasteiger partial charge in [-0.1, -0.05) is 32.9 Å². The van der Waals surface area contributed by atoms with Crippen LogP contribution in [0.2, 0.25) is 0 Å². The van der Waals surface area contributed by atoms with Gasteiger partial charge in [-0.3, -0.25) is 14.2 Å². The molecule has 1 aromatic rings. The van der Waals surface area contributed by atoms with Crippen LogP contribution in [0.5, 0.6) is 5.75 Å². The number of benzene rings is 1. The van der Waals surface area contributed by atoms with Crippen molar-refractivity contribution in [3.05, 3.63) is 29.8 Å². The molecule has 1 aromatic carbocycles. The zero-order chi connectivity index (χ0) is 15.3. The Morgan fingerprint density at radius 3 is 2.25 bits per heavy atom. The van der Waals surface area contributed by atoms with Crippen molar-refractivity contribution in [2.75, 3.05) is 7.11 Å². The van der Waals surface area contributed by atoms with E-state index in [1.165, 1.54) is 0 Å². The molecule has 0 aliphatic rings. The van der Waals surface area contributed by atoms with Crippen molar-refractivity contribution in [1.29, 1.82) is 0 Å². The molecule has 0 aliphatic carbocycles. The zero-order valence-corrected chi connectivity index (χ0v) is 13.1. The highest BCUT2D eigenvalue weighted by Crippen LogP contribution is 2.42. The molecule has 0 aromatic heterocycles. The number of phosphoric acid groups is 1. The van der Waals surface area contributed by atoms with Gasteiger partial charge in [0.05, 0.1) is 0 Å². The van der Waals surface area contributed by atoms with E-state index < -0.39 is 7.82 Å². The van der Waals surface area contributed by atoms with E-state index in [4.69, 9.17) is 4.52 Å². The van der Waals surface area contributed by atoms with E-state index in [0.717, 1.165) is 12.7 Å². The molecular formula is C14H21O5P. The average molecular weight is 300 g/mol. The summed E-state index contributed by atoms with van der Waals surface area (Å²) in [6.07, 6.45) is 0.637. The van der Waals surface area contributed by atoms with Gasteiger partial charge in [-0.05, 0) is 24.1 Å². The van der Waals surface area contributed by atoms with Crippen molar-refractivity contribution in [1.82, 2.24) is 0 Å². The van der Waals surface area contributed by atoms with Crippen LogP contribution in [0.15, 0.2) is 24.3 Å². The standard InChI is InChI=1S/C14H21O5P/c1-10(2)14(15)11(3)9-12-5-7-13(8-6-12)19-20(16,17)18-4/h5-8,10-11H,9H2,1-4H3,(H,16,17). The molecule has 0 saturated heterocycles. The van der Waals surface area contributed by atoms with E-state index in [9.17, 15) is 14.3 Å². The number of phosphoric ester groups is 1. The fourth-order valence-corrected chi connectivity index (χ4v) is 2.34. The fraction of sp³-hybridized carbons (Fsp3) is 0.500. The molecule has 20 heavy (non-hydrogen) atoms. The third kappa shape index (κ3) is 5.08. The summed E-state index contributed by atoms with van der Waals surface area (Å²) in [4.78, 5) is 21.0. The van der Waals surface area contributed by atoms with Crippen LogP contribution in [-0.2, 0) is 20.3 Å². The van der Waals surface area contributed by atoms with Crippen molar-refractivity contribution < 1.29 is 23.3 Å². The monoisotopic (exact) mass is 300 g/mol. The molecule has 0 amide bonds. The van der Waals surface area contributed by atoms with Gasteiger partial charge < -0.3 is 4.52 Å². The summed E-state index contributed by atoms with van der Waals surface area (Å²) in [7, 11) is -2.92. The van der Waals surface area contributed by atoms with Crippen LogP contribution >= 0.6 is 7.82 Å². The normalized spacial score (nSPS) is 15.7. The van der Waals surface area contributed by atoms with Crippen LogP contribution in [0, 0.1) is 11.8 Å². The molecular weight excluding hydrogens is 279 g/mol. The Bertz CT molecular complexity index is 495. The summed E-state index contributed by atoms with van der Waals surface area (Å²) in [5.74, 6) is 0.452. The van der Waals surface area contributed by atoms with Crippen molar-refractivity contribution in [2.45, 2.75) is 27.2 Å². The minimum Gasteiger partial charge on any atom is -0.404 e. The summed E-state index contributed by atoms with van der Waals surface area (Å²) >= 11 is 0. The topological polar surface area (TPSA) is 72.8 Å². The Hall–Kier alpha value is -1.16. The summed E-state index contributed by atoms with van der Waals surface area (Å²) in [5, 5.41) is 0. The Balaban J connectivity index is 2.68. The van der Waals surface area contributed by atoms with Crippen molar-refractivity contribution >= 4 is 13.6 Å². The number of ketones is 1. The molecule has 0 radical (unpaired) electrons. The SMILES string of the molecule is COP(=O)(O)Oc1ccc(CC(C)C(=O)C(C)C)cc1. The number of carbonyl (C=O) groups is 1. The minimum absolute atomic E-state index is 0.0228. The largest absolute Gasteiger partial charge is 0.527 e. The number of hydrogen-bond donors (Lipinski definition) is 1. The second-order valence-electron chi connectivity index (χ2n) is 5.05.